The Labute approximate surface area is 186 Å². The fraction of sp³-hybridized carbons (Fsp3) is 0.364. The van der Waals surface area contributed by atoms with Gasteiger partial charge in [-0.05, 0) is 42.2 Å². The van der Waals surface area contributed by atoms with Gasteiger partial charge in [-0.25, -0.2) is 13.2 Å². The molecule has 0 aliphatic heterocycles. The van der Waals surface area contributed by atoms with Crippen molar-refractivity contribution < 1.29 is 22.4 Å². The van der Waals surface area contributed by atoms with E-state index in [-0.39, 0.29) is 22.9 Å². The quantitative estimate of drug-likeness (QED) is 0.504. The molecule has 0 saturated carbocycles. The lowest BCUT2D eigenvalue weighted by atomic mass is 10.0. The van der Waals surface area contributed by atoms with Crippen molar-refractivity contribution in [3.63, 3.8) is 0 Å². The molecule has 0 spiro atoms. The summed E-state index contributed by atoms with van der Waals surface area (Å²) in [6.45, 7) is 4.06. The monoisotopic (exact) mass is 461 g/mol. The Morgan fingerprint density at radius 1 is 1.16 bits per heavy atom. The topological polar surface area (TPSA) is 120 Å². The lowest BCUT2D eigenvalue weighted by molar-refractivity contribution is -0.123. The van der Waals surface area contributed by atoms with Crippen LogP contribution >= 0.6 is 0 Å². The molecule has 10 heteroatoms. The number of amides is 1. The van der Waals surface area contributed by atoms with Gasteiger partial charge >= 0.3 is 5.76 Å². The van der Waals surface area contributed by atoms with Gasteiger partial charge in [0.2, 0.25) is 15.9 Å². The largest absolute Gasteiger partial charge is 0.497 e. The van der Waals surface area contributed by atoms with Gasteiger partial charge in [-0.3, -0.25) is 9.36 Å². The van der Waals surface area contributed by atoms with Crippen LogP contribution in [0.25, 0.3) is 11.1 Å². The molecule has 32 heavy (non-hydrogen) atoms. The molecule has 0 bridgehead atoms. The minimum atomic E-state index is -4.04. The first-order valence-corrected chi connectivity index (χ1v) is 11.6. The minimum Gasteiger partial charge on any atom is -0.497 e. The molecular weight excluding hydrogens is 434 g/mol. The van der Waals surface area contributed by atoms with Gasteiger partial charge in [-0.1, -0.05) is 26.0 Å². The third-order valence-corrected chi connectivity index (χ3v) is 6.49. The van der Waals surface area contributed by atoms with Crippen LogP contribution in [0.4, 0.5) is 0 Å². The summed E-state index contributed by atoms with van der Waals surface area (Å²) in [5.74, 6) is -0.232. The number of fused-ring (bicyclic) bond motifs is 1. The fourth-order valence-corrected chi connectivity index (χ4v) is 4.50. The number of ether oxygens (including phenoxy) is 1. The average molecular weight is 462 g/mol. The molecule has 2 aromatic carbocycles. The average Bonchev–Trinajstić information content (AvgIpc) is 3.04. The van der Waals surface area contributed by atoms with E-state index in [0.717, 1.165) is 5.56 Å². The number of aromatic nitrogens is 1. The number of rotatable bonds is 9. The molecule has 172 valence electrons. The van der Waals surface area contributed by atoms with Crippen molar-refractivity contribution >= 4 is 27.0 Å². The molecule has 0 unspecified atom stereocenters. The van der Waals surface area contributed by atoms with Crippen LogP contribution in [-0.2, 0) is 28.4 Å². The highest BCUT2D eigenvalue weighted by Gasteiger charge is 2.27. The van der Waals surface area contributed by atoms with Gasteiger partial charge < -0.3 is 14.5 Å². The maximum Gasteiger partial charge on any atom is 0.419 e. The summed E-state index contributed by atoms with van der Waals surface area (Å²) in [4.78, 5) is 24.4. The Bertz CT molecular complexity index is 1260. The van der Waals surface area contributed by atoms with Gasteiger partial charge in [-0.2, -0.15) is 4.72 Å². The van der Waals surface area contributed by atoms with E-state index in [2.05, 4.69) is 10.0 Å². The summed E-state index contributed by atoms with van der Waals surface area (Å²) in [5.41, 5.74) is 1.49. The fourth-order valence-electron chi connectivity index (χ4n) is 3.27. The van der Waals surface area contributed by atoms with Gasteiger partial charge in [0, 0.05) is 19.7 Å². The van der Waals surface area contributed by atoms with E-state index >= 15 is 0 Å². The second-order valence-electron chi connectivity index (χ2n) is 7.93. The second kappa shape index (κ2) is 9.58. The SMILES string of the molecule is COc1ccc(CNC(=O)[C@H](CC(C)C)NS(=O)(=O)c2ccc3c(c2)oc(=O)n3C)cc1. The number of carbonyl (C=O) groups excluding carboxylic acids is 1. The van der Waals surface area contributed by atoms with Crippen LogP contribution in [-0.4, -0.2) is 32.0 Å². The Morgan fingerprint density at radius 2 is 1.84 bits per heavy atom. The number of carbonyl (C=O) groups is 1. The van der Waals surface area contributed by atoms with E-state index in [1.807, 2.05) is 26.0 Å². The molecule has 9 nitrogen and oxygen atoms in total. The number of hydrogen-bond donors (Lipinski definition) is 2. The Kier molecular flexibility index (Phi) is 7.05. The zero-order chi connectivity index (χ0) is 23.5. The molecule has 0 saturated heterocycles. The number of sulfonamides is 1. The van der Waals surface area contributed by atoms with Crippen LogP contribution in [0, 0.1) is 5.92 Å². The molecule has 0 fully saturated rings. The van der Waals surface area contributed by atoms with Crippen molar-refractivity contribution in [1.29, 1.82) is 0 Å². The normalized spacial score (nSPS) is 12.8. The predicted octanol–water partition coefficient (Wildman–Crippen LogP) is 2.15. The maximum atomic E-state index is 13.0. The summed E-state index contributed by atoms with van der Waals surface area (Å²) in [6.07, 6.45) is 0.316. The van der Waals surface area contributed by atoms with Crippen molar-refractivity contribution in [2.24, 2.45) is 13.0 Å². The van der Waals surface area contributed by atoms with Gasteiger partial charge in [0.05, 0.1) is 17.5 Å². The van der Waals surface area contributed by atoms with Gasteiger partial charge in [0.15, 0.2) is 5.58 Å². The smallest absolute Gasteiger partial charge is 0.419 e. The molecule has 1 aromatic heterocycles. The van der Waals surface area contributed by atoms with Gasteiger partial charge in [0.1, 0.15) is 11.8 Å². The molecule has 2 N–H and O–H groups in total. The van der Waals surface area contributed by atoms with Crippen molar-refractivity contribution in [3.05, 3.63) is 58.6 Å². The third-order valence-electron chi connectivity index (χ3n) is 5.02. The highest BCUT2D eigenvalue weighted by Crippen LogP contribution is 2.19. The van der Waals surface area contributed by atoms with E-state index in [0.29, 0.717) is 17.7 Å². The number of benzene rings is 2. The van der Waals surface area contributed by atoms with Crippen LogP contribution in [0.2, 0.25) is 0 Å². The molecule has 0 radical (unpaired) electrons. The number of nitrogens with one attached hydrogen (secondary N) is 2. The number of oxazole rings is 1. The van der Waals surface area contributed by atoms with Crippen LogP contribution in [0.3, 0.4) is 0 Å². The second-order valence-corrected chi connectivity index (χ2v) is 9.64. The van der Waals surface area contributed by atoms with Crippen LogP contribution in [0.15, 0.2) is 56.6 Å². The van der Waals surface area contributed by atoms with Crippen LogP contribution in [0.5, 0.6) is 5.75 Å². The number of nitrogens with zero attached hydrogens (tertiary/aromatic N) is 1. The van der Waals surface area contributed by atoms with E-state index in [9.17, 15) is 18.0 Å². The zero-order valence-electron chi connectivity index (χ0n) is 18.4. The molecule has 0 aliphatic rings. The third kappa shape index (κ3) is 5.38. The molecule has 0 aliphatic carbocycles. The maximum absolute atomic E-state index is 13.0. The first kappa shape index (κ1) is 23.6. The molecular formula is C22H27N3O6S. The lowest BCUT2D eigenvalue weighted by Crippen LogP contribution is -2.47. The van der Waals surface area contributed by atoms with Gasteiger partial charge in [0.25, 0.3) is 0 Å². The van der Waals surface area contributed by atoms with Crippen molar-refractivity contribution in [2.45, 2.75) is 37.8 Å². The zero-order valence-corrected chi connectivity index (χ0v) is 19.2. The highest BCUT2D eigenvalue weighted by atomic mass is 32.2. The first-order valence-electron chi connectivity index (χ1n) is 10.1. The summed E-state index contributed by atoms with van der Waals surface area (Å²) in [5, 5.41) is 2.79. The molecule has 1 amide bonds. The Hall–Kier alpha value is -3.11. The van der Waals surface area contributed by atoms with E-state index in [1.54, 1.807) is 19.2 Å². The Morgan fingerprint density at radius 3 is 2.47 bits per heavy atom. The van der Waals surface area contributed by atoms with Crippen molar-refractivity contribution in [3.8, 4) is 5.75 Å². The number of aryl methyl sites for hydroxylation is 1. The molecule has 1 heterocycles. The van der Waals surface area contributed by atoms with Crippen molar-refractivity contribution in [1.82, 2.24) is 14.6 Å². The van der Waals surface area contributed by atoms with Gasteiger partial charge in [-0.15, -0.1) is 0 Å². The Balaban J connectivity index is 1.77. The van der Waals surface area contributed by atoms with E-state index in [1.165, 1.54) is 29.8 Å². The molecule has 3 aromatic rings. The van der Waals surface area contributed by atoms with Crippen LogP contribution in [0.1, 0.15) is 25.8 Å². The number of methoxy groups -OCH3 is 1. The molecule has 1 atom stereocenters. The first-order chi connectivity index (χ1) is 15.1. The highest BCUT2D eigenvalue weighted by molar-refractivity contribution is 7.89. The summed E-state index contributed by atoms with van der Waals surface area (Å²) < 4.78 is 39.9. The summed E-state index contributed by atoms with van der Waals surface area (Å²) >= 11 is 0. The summed E-state index contributed by atoms with van der Waals surface area (Å²) in [6, 6.07) is 10.4. The van der Waals surface area contributed by atoms with E-state index < -0.39 is 27.7 Å². The van der Waals surface area contributed by atoms with E-state index in [4.69, 9.17) is 9.15 Å². The lowest BCUT2D eigenvalue weighted by Gasteiger charge is -2.20. The minimum absolute atomic E-state index is 0.0732. The van der Waals surface area contributed by atoms with Crippen molar-refractivity contribution in [2.75, 3.05) is 7.11 Å². The predicted molar refractivity (Wildman–Crippen MR) is 120 cm³/mol. The standard InChI is InChI=1S/C22H27N3O6S/c1-14(2)11-18(21(26)23-13-15-5-7-16(30-4)8-6-15)24-32(28,29)17-9-10-19-20(12-17)31-22(27)25(19)3/h5-10,12,14,18,24H,11,13H2,1-4H3,(H,23,26)/t18-/m0/s1. The molecule has 3 rings (SSSR count). The summed E-state index contributed by atoms with van der Waals surface area (Å²) in [7, 11) is -0.930. The van der Waals surface area contributed by atoms with Crippen LogP contribution < -0.4 is 20.5 Å². The number of hydrogen-bond acceptors (Lipinski definition) is 6.